The molecule has 0 radical (unpaired) electrons. The van der Waals surface area contributed by atoms with E-state index in [0.717, 1.165) is 5.56 Å². The van der Waals surface area contributed by atoms with Gasteiger partial charge in [-0.3, -0.25) is 0 Å². The fourth-order valence-electron chi connectivity index (χ4n) is 1.23. The standard InChI is InChI=1S/C11H9Br2NO2/c1-2-16-11(15)7-3-8(5-12)9(6-14)10(13)4-7/h3-4H,2,5H2,1H3. The fraction of sp³-hybridized carbons (Fsp3) is 0.273. The molecule has 0 unspecified atom stereocenters. The number of carbonyl (C=O) groups is 1. The number of nitrogens with zero attached hydrogens (tertiary/aromatic N) is 1. The van der Waals surface area contributed by atoms with E-state index in [0.29, 0.717) is 27.5 Å². The quantitative estimate of drug-likeness (QED) is 0.622. The lowest BCUT2D eigenvalue weighted by molar-refractivity contribution is 0.0526. The largest absolute Gasteiger partial charge is 0.462 e. The first kappa shape index (κ1) is 13.2. The maximum Gasteiger partial charge on any atom is 0.338 e. The number of alkyl halides is 1. The van der Waals surface area contributed by atoms with Gasteiger partial charge in [-0.15, -0.1) is 0 Å². The lowest BCUT2D eigenvalue weighted by Gasteiger charge is -2.07. The minimum atomic E-state index is -0.380. The Bertz CT molecular complexity index is 452. The van der Waals surface area contributed by atoms with Gasteiger partial charge in [-0.25, -0.2) is 4.79 Å². The summed E-state index contributed by atoms with van der Waals surface area (Å²) in [6.45, 7) is 2.09. The molecule has 0 aliphatic rings. The van der Waals surface area contributed by atoms with Crippen molar-refractivity contribution in [1.82, 2.24) is 0 Å². The van der Waals surface area contributed by atoms with Gasteiger partial charge < -0.3 is 4.74 Å². The van der Waals surface area contributed by atoms with Crippen LogP contribution in [0, 0.1) is 11.3 Å². The van der Waals surface area contributed by atoms with Crippen LogP contribution in [0.1, 0.15) is 28.4 Å². The van der Waals surface area contributed by atoms with Crippen molar-refractivity contribution in [3.05, 3.63) is 33.3 Å². The molecule has 0 amide bonds. The second-order valence-corrected chi connectivity index (χ2v) is 4.37. The van der Waals surface area contributed by atoms with Crippen LogP contribution in [0.5, 0.6) is 0 Å². The molecule has 0 aliphatic carbocycles. The van der Waals surface area contributed by atoms with Crippen LogP contribution in [0.4, 0.5) is 0 Å². The maximum atomic E-state index is 11.5. The lowest BCUT2D eigenvalue weighted by Crippen LogP contribution is -2.06. The summed E-state index contributed by atoms with van der Waals surface area (Å²) >= 11 is 6.55. The number of carbonyl (C=O) groups excluding carboxylic acids is 1. The zero-order chi connectivity index (χ0) is 12.1. The van der Waals surface area contributed by atoms with Crippen molar-refractivity contribution in [2.75, 3.05) is 6.61 Å². The van der Waals surface area contributed by atoms with Gasteiger partial charge in [0.1, 0.15) is 6.07 Å². The third kappa shape index (κ3) is 2.83. The van der Waals surface area contributed by atoms with Crippen LogP contribution in [0.2, 0.25) is 0 Å². The van der Waals surface area contributed by atoms with Gasteiger partial charge in [0.15, 0.2) is 0 Å². The second-order valence-electron chi connectivity index (χ2n) is 2.96. The minimum absolute atomic E-state index is 0.333. The van der Waals surface area contributed by atoms with Gasteiger partial charge in [-0.2, -0.15) is 5.26 Å². The van der Waals surface area contributed by atoms with Crippen molar-refractivity contribution in [2.45, 2.75) is 12.3 Å². The van der Waals surface area contributed by atoms with Gasteiger partial charge >= 0.3 is 5.97 Å². The first-order valence-corrected chi connectivity index (χ1v) is 6.51. The molecule has 0 spiro atoms. The molecular weight excluding hydrogens is 338 g/mol. The Balaban J connectivity index is 3.21. The highest BCUT2D eigenvalue weighted by Gasteiger charge is 2.13. The number of hydrogen-bond acceptors (Lipinski definition) is 3. The predicted molar refractivity (Wildman–Crippen MR) is 67.4 cm³/mol. The number of esters is 1. The van der Waals surface area contributed by atoms with Crippen LogP contribution in [-0.2, 0) is 10.1 Å². The van der Waals surface area contributed by atoms with Crippen molar-refractivity contribution in [2.24, 2.45) is 0 Å². The Kier molecular flexibility index (Phi) is 4.97. The van der Waals surface area contributed by atoms with Crippen LogP contribution in [0.25, 0.3) is 0 Å². The summed E-state index contributed by atoms with van der Waals surface area (Å²) < 4.78 is 5.50. The van der Waals surface area contributed by atoms with E-state index in [1.807, 2.05) is 0 Å². The summed E-state index contributed by atoms with van der Waals surface area (Å²) in [6.07, 6.45) is 0. The molecule has 1 aromatic rings. The summed E-state index contributed by atoms with van der Waals surface area (Å²) in [5.41, 5.74) is 1.74. The van der Waals surface area contributed by atoms with E-state index in [1.165, 1.54) is 0 Å². The number of benzene rings is 1. The smallest absolute Gasteiger partial charge is 0.338 e. The monoisotopic (exact) mass is 345 g/mol. The number of hydrogen-bond donors (Lipinski definition) is 0. The molecule has 0 aromatic heterocycles. The first-order chi connectivity index (χ1) is 7.63. The number of ether oxygens (including phenoxy) is 1. The highest BCUT2D eigenvalue weighted by atomic mass is 79.9. The number of halogens is 2. The zero-order valence-electron chi connectivity index (χ0n) is 8.59. The summed E-state index contributed by atoms with van der Waals surface area (Å²) in [4.78, 5) is 11.5. The minimum Gasteiger partial charge on any atom is -0.462 e. The molecule has 0 saturated carbocycles. The Labute approximate surface area is 111 Å². The predicted octanol–water partition coefficient (Wildman–Crippen LogP) is 3.39. The first-order valence-electron chi connectivity index (χ1n) is 4.59. The van der Waals surface area contributed by atoms with Crippen LogP contribution in [-0.4, -0.2) is 12.6 Å². The van der Waals surface area contributed by atoms with E-state index in [1.54, 1.807) is 19.1 Å². The van der Waals surface area contributed by atoms with E-state index >= 15 is 0 Å². The van der Waals surface area contributed by atoms with Crippen LogP contribution < -0.4 is 0 Å². The molecule has 0 bridgehead atoms. The molecule has 0 saturated heterocycles. The highest BCUT2D eigenvalue weighted by Crippen LogP contribution is 2.24. The Morgan fingerprint density at radius 2 is 2.25 bits per heavy atom. The van der Waals surface area contributed by atoms with E-state index in [-0.39, 0.29) is 5.97 Å². The van der Waals surface area contributed by atoms with E-state index in [2.05, 4.69) is 37.9 Å². The van der Waals surface area contributed by atoms with Crippen molar-refractivity contribution in [1.29, 1.82) is 5.26 Å². The van der Waals surface area contributed by atoms with Crippen molar-refractivity contribution in [3.8, 4) is 6.07 Å². The number of rotatable bonds is 3. The molecule has 0 fully saturated rings. The topological polar surface area (TPSA) is 50.1 Å². The Hall–Kier alpha value is -0.860. The van der Waals surface area contributed by atoms with Gasteiger partial charge in [0.25, 0.3) is 0 Å². The normalized spacial score (nSPS) is 9.62. The Morgan fingerprint density at radius 3 is 2.75 bits per heavy atom. The summed E-state index contributed by atoms with van der Waals surface area (Å²) in [7, 11) is 0. The van der Waals surface area contributed by atoms with Gasteiger partial charge in [-0.1, -0.05) is 15.9 Å². The van der Waals surface area contributed by atoms with Gasteiger partial charge in [0.05, 0.1) is 17.7 Å². The molecule has 0 atom stereocenters. The van der Waals surface area contributed by atoms with Gasteiger partial charge in [0.2, 0.25) is 0 Å². The molecule has 0 aliphatic heterocycles. The summed E-state index contributed by atoms with van der Waals surface area (Å²) in [6, 6.07) is 5.35. The van der Waals surface area contributed by atoms with Crippen LogP contribution in [0.3, 0.4) is 0 Å². The van der Waals surface area contributed by atoms with E-state index in [4.69, 9.17) is 10.00 Å². The molecule has 1 rings (SSSR count). The average Bonchev–Trinajstić information content (AvgIpc) is 2.28. The maximum absolute atomic E-state index is 11.5. The zero-order valence-corrected chi connectivity index (χ0v) is 11.8. The Morgan fingerprint density at radius 1 is 1.56 bits per heavy atom. The summed E-state index contributed by atoms with van der Waals surface area (Å²) in [5, 5.41) is 9.46. The molecule has 0 heterocycles. The number of nitriles is 1. The average molecular weight is 347 g/mol. The third-order valence-electron chi connectivity index (χ3n) is 1.94. The van der Waals surface area contributed by atoms with E-state index < -0.39 is 0 Å². The lowest BCUT2D eigenvalue weighted by atomic mass is 10.1. The highest BCUT2D eigenvalue weighted by molar-refractivity contribution is 9.10. The molecule has 3 nitrogen and oxygen atoms in total. The fourth-order valence-corrected chi connectivity index (χ4v) is 2.26. The van der Waals surface area contributed by atoms with Crippen molar-refractivity contribution in [3.63, 3.8) is 0 Å². The second kappa shape index (κ2) is 6.02. The van der Waals surface area contributed by atoms with E-state index in [9.17, 15) is 4.79 Å². The van der Waals surface area contributed by atoms with Crippen molar-refractivity contribution >= 4 is 37.8 Å². The SMILES string of the molecule is CCOC(=O)c1cc(Br)c(C#N)c(CBr)c1. The molecule has 84 valence electrons. The molecule has 1 aromatic carbocycles. The van der Waals surface area contributed by atoms with Gasteiger partial charge in [-0.05, 0) is 40.5 Å². The summed E-state index contributed by atoms with van der Waals surface area (Å²) in [5.74, 6) is -0.380. The van der Waals surface area contributed by atoms with Crippen molar-refractivity contribution < 1.29 is 9.53 Å². The molecule has 16 heavy (non-hydrogen) atoms. The molecule has 5 heteroatoms. The third-order valence-corrected chi connectivity index (χ3v) is 3.17. The van der Waals surface area contributed by atoms with Crippen LogP contribution >= 0.6 is 31.9 Å². The van der Waals surface area contributed by atoms with Gasteiger partial charge in [0, 0.05) is 9.80 Å². The molecule has 0 N–H and O–H groups in total. The molecular formula is C11H9Br2NO2. The van der Waals surface area contributed by atoms with Crippen LogP contribution in [0.15, 0.2) is 16.6 Å².